The molecule has 2 saturated carbocycles. The SMILES string of the molecule is Cc1cncc(C(=O)N[C@H]2CC[C@H]3C(Cc4cccc(-c5ccccc5)c4)CC[C@@H]23)c1.O=C[O-]. The number of benzene rings is 2. The van der Waals surface area contributed by atoms with Gasteiger partial charge in [0.25, 0.3) is 5.91 Å². The first kappa shape index (κ1) is 23.7. The largest absolute Gasteiger partial charge is 0.554 e. The van der Waals surface area contributed by atoms with Gasteiger partial charge in [-0.15, -0.1) is 0 Å². The van der Waals surface area contributed by atoms with Crippen molar-refractivity contribution in [2.45, 2.75) is 45.1 Å². The number of aromatic nitrogens is 1. The predicted octanol–water partition coefficient (Wildman–Crippen LogP) is 4.20. The van der Waals surface area contributed by atoms with Crippen LogP contribution in [0.25, 0.3) is 11.1 Å². The summed E-state index contributed by atoms with van der Waals surface area (Å²) in [4.78, 5) is 25.2. The molecule has 0 aliphatic heterocycles. The molecule has 0 spiro atoms. The molecule has 1 N–H and O–H groups in total. The van der Waals surface area contributed by atoms with Gasteiger partial charge in [-0.25, -0.2) is 0 Å². The van der Waals surface area contributed by atoms with E-state index in [1.54, 1.807) is 12.4 Å². The Morgan fingerprint density at radius 1 is 0.971 bits per heavy atom. The van der Waals surface area contributed by atoms with Gasteiger partial charge in [0, 0.05) is 24.9 Å². The van der Waals surface area contributed by atoms with Gasteiger partial charge in [-0.2, -0.15) is 0 Å². The molecule has 0 bridgehead atoms. The number of nitrogens with one attached hydrogen (secondary N) is 1. The number of rotatable bonds is 5. The van der Waals surface area contributed by atoms with Crippen molar-refractivity contribution in [1.29, 1.82) is 0 Å². The van der Waals surface area contributed by atoms with Crippen LogP contribution in [-0.2, 0) is 11.2 Å². The Labute approximate surface area is 201 Å². The Morgan fingerprint density at radius 2 is 1.71 bits per heavy atom. The number of carboxylic acid groups (broad SMARTS) is 1. The Morgan fingerprint density at radius 3 is 2.47 bits per heavy atom. The number of carbonyl (C=O) groups excluding carboxylic acids is 2. The Bertz CT molecular complexity index is 1120. The normalized spacial score (nSPS) is 22.9. The molecule has 2 fully saturated rings. The lowest BCUT2D eigenvalue weighted by Crippen LogP contribution is -2.37. The third-order valence-electron chi connectivity index (χ3n) is 7.34. The summed E-state index contributed by atoms with van der Waals surface area (Å²) in [5.74, 6) is 2.09. The highest BCUT2D eigenvalue weighted by molar-refractivity contribution is 5.94. The van der Waals surface area contributed by atoms with Crippen LogP contribution in [-0.4, -0.2) is 23.4 Å². The zero-order valence-corrected chi connectivity index (χ0v) is 19.5. The average Bonchev–Trinajstić information content (AvgIpc) is 3.44. The zero-order chi connectivity index (χ0) is 23.9. The molecule has 34 heavy (non-hydrogen) atoms. The van der Waals surface area contributed by atoms with E-state index in [1.807, 2.05) is 13.0 Å². The molecule has 2 aliphatic rings. The molecule has 5 nitrogen and oxygen atoms in total. The number of pyridine rings is 1. The Kier molecular flexibility index (Phi) is 7.73. The van der Waals surface area contributed by atoms with Gasteiger partial charge in [-0.1, -0.05) is 54.6 Å². The lowest BCUT2D eigenvalue weighted by Gasteiger charge is -2.22. The topological polar surface area (TPSA) is 82.1 Å². The summed E-state index contributed by atoms with van der Waals surface area (Å²) in [6.07, 6.45) is 9.42. The van der Waals surface area contributed by atoms with Crippen LogP contribution in [0.15, 0.2) is 73.1 Å². The second-order valence-corrected chi connectivity index (χ2v) is 9.44. The molecule has 4 atom stereocenters. The molecule has 0 saturated heterocycles. The van der Waals surface area contributed by atoms with Crippen molar-refractivity contribution < 1.29 is 14.7 Å². The average molecular weight is 456 g/mol. The predicted molar refractivity (Wildman–Crippen MR) is 131 cm³/mol. The van der Waals surface area contributed by atoms with Crippen molar-refractivity contribution in [3.05, 3.63) is 89.7 Å². The van der Waals surface area contributed by atoms with E-state index in [0.717, 1.165) is 30.2 Å². The van der Waals surface area contributed by atoms with Gasteiger partial charge >= 0.3 is 0 Å². The fourth-order valence-electron chi connectivity index (χ4n) is 5.89. The van der Waals surface area contributed by atoms with Gasteiger partial charge in [-0.05, 0) is 85.1 Å². The van der Waals surface area contributed by atoms with Crippen LogP contribution < -0.4 is 10.4 Å². The third kappa shape index (κ3) is 5.53. The zero-order valence-electron chi connectivity index (χ0n) is 19.5. The summed E-state index contributed by atoms with van der Waals surface area (Å²) in [5, 5.41) is 11.6. The minimum absolute atomic E-state index is 0.0286. The molecule has 0 radical (unpaired) electrons. The van der Waals surface area contributed by atoms with Crippen LogP contribution in [0.1, 0.15) is 47.2 Å². The minimum atomic E-state index is -0.500. The number of nitrogens with zero attached hydrogens (tertiary/aromatic N) is 1. The Balaban J connectivity index is 0.000000868. The van der Waals surface area contributed by atoms with Gasteiger partial charge in [0.1, 0.15) is 0 Å². The first-order chi connectivity index (χ1) is 16.6. The summed E-state index contributed by atoms with van der Waals surface area (Å²) in [6, 6.07) is 21.9. The van der Waals surface area contributed by atoms with Crippen LogP contribution in [0.5, 0.6) is 0 Å². The number of carbonyl (C=O) groups is 2. The van der Waals surface area contributed by atoms with Crippen LogP contribution >= 0.6 is 0 Å². The van der Waals surface area contributed by atoms with E-state index >= 15 is 0 Å². The molecule has 2 aliphatic carbocycles. The molecule has 1 aromatic heterocycles. The van der Waals surface area contributed by atoms with Gasteiger partial charge in [-0.3, -0.25) is 9.78 Å². The van der Waals surface area contributed by atoms with Crippen molar-refractivity contribution in [3.63, 3.8) is 0 Å². The summed E-state index contributed by atoms with van der Waals surface area (Å²) in [7, 11) is 0. The lowest BCUT2D eigenvalue weighted by molar-refractivity contribution is -0.283. The second kappa shape index (κ2) is 11.1. The molecular formula is C29H31N2O3-. The Hall–Kier alpha value is -3.47. The van der Waals surface area contributed by atoms with E-state index in [0.29, 0.717) is 17.5 Å². The van der Waals surface area contributed by atoms with Gasteiger partial charge in [0.2, 0.25) is 0 Å². The fourth-order valence-corrected chi connectivity index (χ4v) is 5.89. The van der Waals surface area contributed by atoms with E-state index in [2.05, 4.69) is 64.9 Å². The second-order valence-electron chi connectivity index (χ2n) is 9.44. The van der Waals surface area contributed by atoms with Crippen LogP contribution in [0.3, 0.4) is 0 Å². The van der Waals surface area contributed by atoms with Crippen LogP contribution in [0.2, 0.25) is 0 Å². The number of fused-ring (bicyclic) bond motifs is 1. The maximum Gasteiger partial charge on any atom is 0.253 e. The summed E-state index contributed by atoms with van der Waals surface area (Å²) >= 11 is 0. The first-order valence-electron chi connectivity index (χ1n) is 12.0. The van der Waals surface area contributed by atoms with Crippen molar-refractivity contribution in [1.82, 2.24) is 10.3 Å². The molecule has 3 aromatic rings. The molecule has 1 amide bonds. The molecule has 5 heteroatoms. The van der Waals surface area contributed by atoms with E-state index in [4.69, 9.17) is 9.90 Å². The van der Waals surface area contributed by atoms with Crippen molar-refractivity contribution in [2.75, 3.05) is 0 Å². The fraction of sp³-hybridized carbons (Fsp3) is 0.345. The highest BCUT2D eigenvalue weighted by Gasteiger charge is 2.45. The molecular weight excluding hydrogens is 424 g/mol. The molecule has 176 valence electrons. The minimum Gasteiger partial charge on any atom is -0.554 e. The quantitative estimate of drug-likeness (QED) is 0.585. The molecule has 1 unspecified atom stereocenters. The monoisotopic (exact) mass is 455 g/mol. The standard InChI is InChI=1S/C28H30N2O.CH2O2/c1-19-14-24(18-29-17-19)28(31)30-27-13-12-25-23(10-11-26(25)27)16-20-6-5-9-22(15-20)21-7-3-2-4-8-21;2-1-3/h2-9,14-15,17-18,23,25-27H,10-13,16H2,1H3,(H,30,31);1H,(H,2,3)/p-1/t23?,25-,26+,27-;/m0./s1. The van der Waals surface area contributed by atoms with Crippen molar-refractivity contribution in [3.8, 4) is 11.1 Å². The highest BCUT2D eigenvalue weighted by Crippen LogP contribution is 2.49. The summed E-state index contributed by atoms with van der Waals surface area (Å²) < 4.78 is 0. The summed E-state index contributed by atoms with van der Waals surface area (Å²) in [6.45, 7) is 1.48. The van der Waals surface area contributed by atoms with Gasteiger partial charge in [0.15, 0.2) is 0 Å². The van der Waals surface area contributed by atoms with Gasteiger partial charge < -0.3 is 15.2 Å². The maximum absolute atomic E-state index is 12.7. The number of amides is 1. The highest BCUT2D eigenvalue weighted by atomic mass is 16.3. The van der Waals surface area contributed by atoms with Crippen molar-refractivity contribution >= 4 is 12.4 Å². The maximum atomic E-state index is 12.7. The molecule has 1 heterocycles. The van der Waals surface area contributed by atoms with Gasteiger partial charge in [0.05, 0.1) is 5.56 Å². The number of hydrogen-bond acceptors (Lipinski definition) is 4. The van der Waals surface area contributed by atoms with Crippen molar-refractivity contribution in [2.24, 2.45) is 17.8 Å². The molecule has 2 aromatic carbocycles. The smallest absolute Gasteiger partial charge is 0.253 e. The van der Waals surface area contributed by atoms with Crippen LogP contribution in [0, 0.1) is 24.7 Å². The van der Waals surface area contributed by atoms with E-state index in [-0.39, 0.29) is 5.91 Å². The number of hydrogen-bond donors (Lipinski definition) is 1. The first-order valence-corrected chi connectivity index (χ1v) is 12.0. The van der Waals surface area contributed by atoms with E-state index < -0.39 is 6.47 Å². The van der Waals surface area contributed by atoms with E-state index in [9.17, 15) is 4.79 Å². The molecule has 5 rings (SSSR count). The van der Waals surface area contributed by atoms with Crippen LogP contribution in [0.4, 0.5) is 0 Å². The van der Waals surface area contributed by atoms with E-state index in [1.165, 1.54) is 36.0 Å². The number of aryl methyl sites for hydroxylation is 1. The third-order valence-corrected chi connectivity index (χ3v) is 7.34. The lowest BCUT2D eigenvalue weighted by atomic mass is 9.86. The summed E-state index contributed by atoms with van der Waals surface area (Å²) in [5.41, 5.74) is 5.72.